The van der Waals surface area contributed by atoms with E-state index in [4.69, 9.17) is 5.26 Å². The highest BCUT2D eigenvalue weighted by atomic mass is 16.1. The molecule has 22 heavy (non-hydrogen) atoms. The standard InChI is InChI=1S/C18H17N3O/c19-13-21-9-8-14(12-21)10-18(22)16-6-7-17(20-11-16)15-4-2-1-3-5-15/h1-7,11,14H,8-10,12H2/t14-/m0/s1. The predicted molar refractivity (Wildman–Crippen MR) is 83.9 cm³/mol. The second kappa shape index (κ2) is 6.40. The Morgan fingerprint density at radius 1 is 1.27 bits per heavy atom. The van der Waals surface area contributed by atoms with Crippen molar-refractivity contribution in [1.82, 2.24) is 9.88 Å². The van der Waals surface area contributed by atoms with Crippen molar-refractivity contribution in [3.63, 3.8) is 0 Å². The van der Waals surface area contributed by atoms with Crippen LogP contribution in [0.3, 0.4) is 0 Å². The van der Waals surface area contributed by atoms with Crippen molar-refractivity contribution >= 4 is 5.78 Å². The highest BCUT2D eigenvalue weighted by molar-refractivity contribution is 5.96. The maximum Gasteiger partial charge on any atom is 0.179 e. The van der Waals surface area contributed by atoms with Gasteiger partial charge in [0.2, 0.25) is 0 Å². The first-order valence-electron chi connectivity index (χ1n) is 7.45. The van der Waals surface area contributed by atoms with Crippen LogP contribution in [0.15, 0.2) is 48.7 Å². The summed E-state index contributed by atoms with van der Waals surface area (Å²) in [5.41, 5.74) is 2.56. The number of hydrogen-bond donors (Lipinski definition) is 0. The summed E-state index contributed by atoms with van der Waals surface area (Å²) in [5.74, 6) is 0.387. The lowest BCUT2D eigenvalue weighted by Gasteiger charge is -2.09. The summed E-state index contributed by atoms with van der Waals surface area (Å²) in [6.07, 6.45) is 5.20. The number of carbonyl (C=O) groups excluding carboxylic acids is 1. The molecule has 1 aliphatic heterocycles. The van der Waals surface area contributed by atoms with Gasteiger partial charge >= 0.3 is 0 Å². The van der Waals surface area contributed by atoms with Crippen LogP contribution < -0.4 is 0 Å². The normalized spacial score (nSPS) is 17.2. The molecule has 1 atom stereocenters. The predicted octanol–water partition coefficient (Wildman–Crippen LogP) is 3.12. The largest absolute Gasteiger partial charge is 0.310 e. The molecular formula is C18H17N3O. The van der Waals surface area contributed by atoms with Crippen LogP contribution in [0.1, 0.15) is 23.2 Å². The maximum atomic E-state index is 12.3. The van der Waals surface area contributed by atoms with Crippen molar-refractivity contribution in [3.05, 3.63) is 54.2 Å². The number of Topliss-reactive ketones (excluding diaryl/α,β-unsaturated/α-hetero) is 1. The number of pyridine rings is 1. The molecule has 0 saturated carbocycles. The van der Waals surface area contributed by atoms with Crippen LogP contribution in [0.5, 0.6) is 0 Å². The molecule has 1 fully saturated rings. The van der Waals surface area contributed by atoms with Gasteiger partial charge in [-0.1, -0.05) is 30.3 Å². The molecule has 1 aliphatic rings. The molecule has 0 aliphatic carbocycles. The number of likely N-dealkylation sites (tertiary alicyclic amines) is 1. The van der Waals surface area contributed by atoms with E-state index in [-0.39, 0.29) is 11.7 Å². The average molecular weight is 291 g/mol. The smallest absolute Gasteiger partial charge is 0.179 e. The number of nitriles is 1. The highest BCUT2D eigenvalue weighted by Crippen LogP contribution is 2.22. The minimum Gasteiger partial charge on any atom is -0.310 e. The molecule has 1 aromatic heterocycles. The fourth-order valence-electron chi connectivity index (χ4n) is 2.81. The summed E-state index contributed by atoms with van der Waals surface area (Å²) in [7, 11) is 0. The Morgan fingerprint density at radius 2 is 2.09 bits per heavy atom. The molecule has 1 saturated heterocycles. The van der Waals surface area contributed by atoms with E-state index in [0.29, 0.717) is 18.5 Å². The van der Waals surface area contributed by atoms with E-state index in [0.717, 1.165) is 24.2 Å². The first-order chi connectivity index (χ1) is 10.8. The number of aromatic nitrogens is 1. The van der Waals surface area contributed by atoms with E-state index in [9.17, 15) is 4.79 Å². The molecule has 0 radical (unpaired) electrons. The van der Waals surface area contributed by atoms with Crippen LogP contribution in [0.25, 0.3) is 11.3 Å². The van der Waals surface area contributed by atoms with E-state index in [1.807, 2.05) is 42.5 Å². The molecule has 4 nitrogen and oxygen atoms in total. The topological polar surface area (TPSA) is 57.0 Å². The van der Waals surface area contributed by atoms with Crippen molar-refractivity contribution in [3.8, 4) is 17.5 Å². The summed E-state index contributed by atoms with van der Waals surface area (Å²) in [6.45, 7) is 1.46. The number of rotatable bonds is 4. The van der Waals surface area contributed by atoms with Crippen molar-refractivity contribution in [1.29, 1.82) is 5.26 Å². The molecule has 0 unspecified atom stereocenters. The summed E-state index contributed by atoms with van der Waals surface area (Å²) in [4.78, 5) is 18.4. The minimum absolute atomic E-state index is 0.108. The van der Waals surface area contributed by atoms with Gasteiger partial charge in [0.05, 0.1) is 5.69 Å². The van der Waals surface area contributed by atoms with Gasteiger partial charge in [0.1, 0.15) is 0 Å². The number of nitrogens with zero attached hydrogens (tertiary/aromatic N) is 3. The van der Waals surface area contributed by atoms with E-state index >= 15 is 0 Å². The second-order valence-electron chi connectivity index (χ2n) is 5.63. The van der Waals surface area contributed by atoms with Gasteiger partial charge in [-0.2, -0.15) is 5.26 Å². The fourth-order valence-corrected chi connectivity index (χ4v) is 2.81. The van der Waals surface area contributed by atoms with Crippen LogP contribution >= 0.6 is 0 Å². The summed E-state index contributed by atoms with van der Waals surface area (Å²) in [5, 5.41) is 8.85. The van der Waals surface area contributed by atoms with E-state index in [1.54, 1.807) is 11.1 Å². The SMILES string of the molecule is N#CN1CC[C@@H](CC(=O)c2ccc(-c3ccccc3)nc2)C1. The molecule has 0 spiro atoms. The van der Waals surface area contributed by atoms with Gasteiger partial charge in [0.15, 0.2) is 12.0 Å². The molecular weight excluding hydrogens is 274 g/mol. The molecule has 2 heterocycles. The first kappa shape index (κ1) is 14.3. The molecule has 4 heteroatoms. The molecule has 0 N–H and O–H groups in total. The Balaban J connectivity index is 1.66. The van der Waals surface area contributed by atoms with Gasteiger partial charge < -0.3 is 4.90 Å². The highest BCUT2D eigenvalue weighted by Gasteiger charge is 2.24. The van der Waals surface area contributed by atoms with Crippen LogP contribution in [0.4, 0.5) is 0 Å². The summed E-state index contributed by atoms with van der Waals surface area (Å²) >= 11 is 0. The van der Waals surface area contributed by atoms with Crippen molar-refractivity contribution in [2.45, 2.75) is 12.8 Å². The van der Waals surface area contributed by atoms with E-state index in [2.05, 4.69) is 11.2 Å². The number of carbonyl (C=O) groups is 1. The third-order valence-corrected chi connectivity index (χ3v) is 4.06. The zero-order valence-corrected chi connectivity index (χ0v) is 12.3. The molecule has 1 aromatic carbocycles. The van der Waals surface area contributed by atoms with Crippen LogP contribution in [-0.4, -0.2) is 28.8 Å². The Hall–Kier alpha value is -2.67. The molecule has 0 amide bonds. The van der Waals surface area contributed by atoms with Crippen LogP contribution in [-0.2, 0) is 0 Å². The first-order valence-corrected chi connectivity index (χ1v) is 7.45. The fraction of sp³-hybridized carbons (Fsp3) is 0.278. The number of ketones is 1. The third kappa shape index (κ3) is 3.15. The van der Waals surface area contributed by atoms with E-state index in [1.165, 1.54) is 0 Å². The monoisotopic (exact) mass is 291 g/mol. The Bertz CT molecular complexity index is 689. The molecule has 3 rings (SSSR count). The van der Waals surface area contributed by atoms with E-state index < -0.39 is 0 Å². The molecule has 2 aromatic rings. The number of benzene rings is 1. The van der Waals surface area contributed by atoms with Crippen molar-refractivity contribution in [2.75, 3.05) is 13.1 Å². The van der Waals surface area contributed by atoms with Gasteiger partial charge in [-0.3, -0.25) is 9.78 Å². The Kier molecular flexibility index (Phi) is 4.15. The van der Waals surface area contributed by atoms with Gasteiger partial charge in [0.25, 0.3) is 0 Å². The zero-order chi connectivity index (χ0) is 15.4. The lowest BCUT2D eigenvalue weighted by Crippen LogP contribution is -2.15. The van der Waals surface area contributed by atoms with Crippen LogP contribution in [0.2, 0.25) is 0 Å². The summed E-state index contributed by atoms with van der Waals surface area (Å²) < 4.78 is 0. The Labute approximate surface area is 130 Å². The molecule has 0 bridgehead atoms. The van der Waals surface area contributed by atoms with Gasteiger partial charge in [-0.25, -0.2) is 0 Å². The Morgan fingerprint density at radius 3 is 2.73 bits per heavy atom. The summed E-state index contributed by atoms with van der Waals surface area (Å²) in [6, 6.07) is 13.6. The van der Waals surface area contributed by atoms with Gasteiger partial charge in [-0.05, 0) is 24.5 Å². The van der Waals surface area contributed by atoms with Crippen LogP contribution in [0, 0.1) is 17.4 Å². The quantitative estimate of drug-likeness (QED) is 0.641. The third-order valence-electron chi connectivity index (χ3n) is 4.06. The van der Waals surface area contributed by atoms with Gasteiger partial charge in [-0.15, -0.1) is 0 Å². The maximum absolute atomic E-state index is 12.3. The van der Waals surface area contributed by atoms with Crippen molar-refractivity contribution in [2.24, 2.45) is 5.92 Å². The lowest BCUT2D eigenvalue weighted by atomic mass is 9.98. The average Bonchev–Trinajstić information content (AvgIpc) is 3.03. The molecule has 110 valence electrons. The lowest BCUT2D eigenvalue weighted by molar-refractivity contribution is 0.0963. The second-order valence-corrected chi connectivity index (χ2v) is 5.63. The zero-order valence-electron chi connectivity index (χ0n) is 12.3. The van der Waals surface area contributed by atoms with Crippen molar-refractivity contribution < 1.29 is 4.79 Å². The minimum atomic E-state index is 0.108. The number of hydrogen-bond acceptors (Lipinski definition) is 4. The van der Waals surface area contributed by atoms with Gasteiger partial charge in [0, 0.05) is 36.8 Å².